The number of hydrogen-bond donors (Lipinski definition) is 2. The summed E-state index contributed by atoms with van der Waals surface area (Å²) in [5.41, 5.74) is 0. The first-order valence-electron chi connectivity index (χ1n) is 10.6. The van der Waals surface area contributed by atoms with Crippen molar-refractivity contribution in [3.8, 4) is 0 Å². The molecule has 2 rings (SSSR count). The molecule has 0 saturated carbocycles. The average Bonchev–Trinajstić information content (AvgIpc) is 2.67. The van der Waals surface area contributed by atoms with Gasteiger partial charge in [0, 0.05) is 53.1 Å². The third-order valence-corrected chi connectivity index (χ3v) is 5.36. The standard InChI is InChI=1S/C20H40N4O2/c1-18-6-3-11-24(16-18)12-4-9-22-20(21-2)23-10-5-13-26-17-19-7-14-25-15-8-19/h18-19H,3-17H2,1-2H3,(H2,21,22,23). The zero-order valence-corrected chi connectivity index (χ0v) is 17.0. The number of ether oxygens (including phenoxy) is 2. The Hall–Kier alpha value is -0.850. The van der Waals surface area contributed by atoms with Gasteiger partial charge in [0.15, 0.2) is 5.96 Å². The molecule has 2 aliphatic heterocycles. The molecular weight excluding hydrogens is 328 g/mol. The third kappa shape index (κ3) is 9.19. The number of nitrogens with zero attached hydrogens (tertiary/aromatic N) is 2. The molecule has 0 aromatic carbocycles. The van der Waals surface area contributed by atoms with Crippen molar-refractivity contribution in [1.29, 1.82) is 0 Å². The van der Waals surface area contributed by atoms with E-state index in [9.17, 15) is 0 Å². The van der Waals surface area contributed by atoms with E-state index in [0.29, 0.717) is 5.92 Å². The fourth-order valence-corrected chi connectivity index (χ4v) is 3.76. The SMILES string of the molecule is CN=C(NCCCOCC1CCOCC1)NCCCN1CCCC(C)C1. The van der Waals surface area contributed by atoms with Crippen molar-refractivity contribution in [3.05, 3.63) is 0 Å². The Balaban J connectivity index is 1.42. The van der Waals surface area contributed by atoms with Crippen LogP contribution in [0.1, 0.15) is 45.4 Å². The first-order chi connectivity index (χ1) is 12.8. The molecule has 1 unspecified atom stereocenters. The lowest BCUT2D eigenvalue weighted by molar-refractivity contribution is 0.0203. The molecule has 0 aromatic rings. The lowest BCUT2D eigenvalue weighted by atomic mass is 10.0. The quantitative estimate of drug-likeness (QED) is 0.351. The summed E-state index contributed by atoms with van der Waals surface area (Å²) in [6.07, 6.45) is 7.21. The zero-order chi connectivity index (χ0) is 18.5. The predicted octanol–water partition coefficient (Wildman–Crippen LogP) is 2.11. The van der Waals surface area contributed by atoms with Crippen LogP contribution in [0.2, 0.25) is 0 Å². The molecule has 0 aliphatic carbocycles. The highest BCUT2D eigenvalue weighted by Crippen LogP contribution is 2.15. The van der Waals surface area contributed by atoms with Crippen molar-refractivity contribution in [2.45, 2.75) is 45.4 Å². The second-order valence-electron chi connectivity index (χ2n) is 7.81. The van der Waals surface area contributed by atoms with Crippen LogP contribution in [0.25, 0.3) is 0 Å². The van der Waals surface area contributed by atoms with E-state index < -0.39 is 0 Å². The third-order valence-electron chi connectivity index (χ3n) is 5.36. The molecule has 0 amide bonds. The molecule has 2 N–H and O–H groups in total. The van der Waals surface area contributed by atoms with E-state index in [2.05, 4.69) is 27.4 Å². The van der Waals surface area contributed by atoms with Crippen molar-refractivity contribution < 1.29 is 9.47 Å². The summed E-state index contributed by atoms with van der Waals surface area (Å²) in [5, 5.41) is 6.80. The van der Waals surface area contributed by atoms with Crippen LogP contribution in [0.3, 0.4) is 0 Å². The van der Waals surface area contributed by atoms with Crippen LogP contribution >= 0.6 is 0 Å². The molecule has 2 heterocycles. The predicted molar refractivity (Wildman–Crippen MR) is 108 cm³/mol. The molecule has 6 nitrogen and oxygen atoms in total. The van der Waals surface area contributed by atoms with E-state index >= 15 is 0 Å². The Labute approximate surface area is 160 Å². The second kappa shape index (κ2) is 13.3. The molecule has 2 fully saturated rings. The van der Waals surface area contributed by atoms with Crippen LogP contribution in [-0.2, 0) is 9.47 Å². The number of piperidine rings is 1. The Bertz CT molecular complexity index is 386. The summed E-state index contributed by atoms with van der Waals surface area (Å²) in [4.78, 5) is 6.90. The summed E-state index contributed by atoms with van der Waals surface area (Å²) in [6, 6.07) is 0. The molecule has 0 aromatic heterocycles. The van der Waals surface area contributed by atoms with Crippen molar-refractivity contribution in [3.63, 3.8) is 0 Å². The van der Waals surface area contributed by atoms with Gasteiger partial charge in [-0.25, -0.2) is 0 Å². The Kier molecular flexibility index (Phi) is 11.0. The van der Waals surface area contributed by atoms with Gasteiger partial charge in [0.05, 0.1) is 0 Å². The van der Waals surface area contributed by atoms with Crippen LogP contribution in [0, 0.1) is 11.8 Å². The van der Waals surface area contributed by atoms with Crippen LogP contribution in [0.5, 0.6) is 0 Å². The topological polar surface area (TPSA) is 58.1 Å². The molecular formula is C20H40N4O2. The number of aliphatic imine (C=N–C) groups is 1. The van der Waals surface area contributed by atoms with Gasteiger partial charge in [-0.2, -0.15) is 0 Å². The second-order valence-corrected chi connectivity index (χ2v) is 7.81. The lowest BCUT2D eigenvalue weighted by Crippen LogP contribution is -2.40. The molecule has 0 bridgehead atoms. The zero-order valence-electron chi connectivity index (χ0n) is 17.0. The molecule has 26 heavy (non-hydrogen) atoms. The van der Waals surface area contributed by atoms with Crippen molar-refractivity contribution in [2.24, 2.45) is 16.8 Å². The summed E-state index contributed by atoms with van der Waals surface area (Å²) in [6.45, 7) is 11.5. The largest absolute Gasteiger partial charge is 0.381 e. The molecule has 2 aliphatic rings. The van der Waals surface area contributed by atoms with Gasteiger partial charge >= 0.3 is 0 Å². The normalized spacial score (nSPS) is 23.2. The summed E-state index contributed by atoms with van der Waals surface area (Å²) < 4.78 is 11.2. The van der Waals surface area contributed by atoms with Gasteiger partial charge in [-0.1, -0.05) is 6.92 Å². The number of rotatable bonds is 10. The van der Waals surface area contributed by atoms with E-state index in [4.69, 9.17) is 9.47 Å². The minimum absolute atomic E-state index is 0.689. The Morgan fingerprint density at radius 1 is 1.15 bits per heavy atom. The van der Waals surface area contributed by atoms with Gasteiger partial charge in [-0.05, 0) is 63.5 Å². The average molecular weight is 369 g/mol. The maximum atomic E-state index is 5.80. The van der Waals surface area contributed by atoms with Crippen LogP contribution < -0.4 is 10.6 Å². The smallest absolute Gasteiger partial charge is 0.190 e. The molecule has 1 atom stereocenters. The van der Waals surface area contributed by atoms with E-state index in [0.717, 1.165) is 70.7 Å². The van der Waals surface area contributed by atoms with Crippen molar-refractivity contribution in [1.82, 2.24) is 15.5 Å². The molecule has 0 radical (unpaired) electrons. The molecule has 152 valence electrons. The van der Waals surface area contributed by atoms with Crippen molar-refractivity contribution >= 4 is 5.96 Å². The first kappa shape index (κ1) is 21.5. The molecule has 6 heteroatoms. The number of likely N-dealkylation sites (tertiary alicyclic amines) is 1. The van der Waals surface area contributed by atoms with E-state index in [1.54, 1.807) is 0 Å². The number of nitrogens with one attached hydrogen (secondary N) is 2. The monoisotopic (exact) mass is 368 g/mol. The minimum atomic E-state index is 0.689. The maximum absolute atomic E-state index is 5.80. The van der Waals surface area contributed by atoms with Crippen molar-refractivity contribution in [2.75, 3.05) is 66.2 Å². The molecule has 0 spiro atoms. The highest BCUT2D eigenvalue weighted by Gasteiger charge is 2.15. The van der Waals surface area contributed by atoms with Gasteiger partial charge in [0.2, 0.25) is 0 Å². The first-order valence-corrected chi connectivity index (χ1v) is 10.6. The summed E-state index contributed by atoms with van der Waals surface area (Å²) in [5.74, 6) is 2.45. The van der Waals surface area contributed by atoms with Gasteiger partial charge in [0.1, 0.15) is 0 Å². The highest BCUT2D eigenvalue weighted by molar-refractivity contribution is 5.79. The Morgan fingerprint density at radius 3 is 2.65 bits per heavy atom. The van der Waals surface area contributed by atoms with Gasteiger partial charge < -0.3 is 25.0 Å². The van der Waals surface area contributed by atoms with E-state index in [1.807, 2.05) is 7.05 Å². The van der Waals surface area contributed by atoms with Gasteiger partial charge in [0.25, 0.3) is 0 Å². The summed E-state index contributed by atoms with van der Waals surface area (Å²) in [7, 11) is 1.84. The highest BCUT2D eigenvalue weighted by atomic mass is 16.5. The lowest BCUT2D eigenvalue weighted by Gasteiger charge is -2.30. The molecule has 2 saturated heterocycles. The van der Waals surface area contributed by atoms with Crippen LogP contribution in [0.15, 0.2) is 4.99 Å². The number of hydrogen-bond acceptors (Lipinski definition) is 4. The van der Waals surface area contributed by atoms with Gasteiger partial charge in [-0.15, -0.1) is 0 Å². The summed E-state index contributed by atoms with van der Waals surface area (Å²) >= 11 is 0. The fourth-order valence-electron chi connectivity index (χ4n) is 3.76. The fraction of sp³-hybridized carbons (Fsp3) is 0.950. The minimum Gasteiger partial charge on any atom is -0.381 e. The van der Waals surface area contributed by atoms with E-state index in [1.165, 1.54) is 38.9 Å². The van der Waals surface area contributed by atoms with Crippen LogP contribution in [0.4, 0.5) is 0 Å². The van der Waals surface area contributed by atoms with Crippen LogP contribution in [-0.4, -0.2) is 77.1 Å². The van der Waals surface area contributed by atoms with E-state index in [-0.39, 0.29) is 0 Å². The van der Waals surface area contributed by atoms with Gasteiger partial charge in [-0.3, -0.25) is 4.99 Å². The maximum Gasteiger partial charge on any atom is 0.190 e. The number of guanidine groups is 1. The Morgan fingerprint density at radius 2 is 1.92 bits per heavy atom.